The van der Waals surface area contributed by atoms with Gasteiger partial charge in [-0.15, -0.1) is 0 Å². The van der Waals surface area contributed by atoms with Gasteiger partial charge in [-0.1, -0.05) is 84.9 Å². The summed E-state index contributed by atoms with van der Waals surface area (Å²) in [5, 5.41) is 0. The van der Waals surface area contributed by atoms with E-state index in [1.54, 1.807) is 0 Å². The molecule has 0 aromatic heterocycles. The van der Waals surface area contributed by atoms with Crippen molar-refractivity contribution in [2.24, 2.45) is 0 Å². The lowest BCUT2D eigenvalue weighted by molar-refractivity contribution is 0.112. The van der Waals surface area contributed by atoms with Gasteiger partial charge in [0.05, 0.1) is 5.41 Å². The maximum absolute atomic E-state index is 11.8. The zero-order chi connectivity index (χ0) is 19.6. The van der Waals surface area contributed by atoms with E-state index in [-0.39, 0.29) is 5.92 Å². The summed E-state index contributed by atoms with van der Waals surface area (Å²) in [5.41, 5.74) is 10.7. The Labute approximate surface area is 170 Å². The summed E-state index contributed by atoms with van der Waals surface area (Å²) in [6.45, 7) is 2.00. The fourth-order valence-corrected chi connectivity index (χ4v) is 5.68. The Morgan fingerprint density at radius 2 is 1.17 bits per heavy atom. The summed E-state index contributed by atoms with van der Waals surface area (Å²) < 4.78 is 0. The molecule has 0 saturated carbocycles. The molecule has 0 radical (unpaired) electrons. The second-order valence-electron chi connectivity index (χ2n) is 8.13. The molecule has 0 unspecified atom stereocenters. The maximum Gasteiger partial charge on any atom is 0.150 e. The van der Waals surface area contributed by atoms with Gasteiger partial charge in [0, 0.05) is 11.5 Å². The number of hydrogen-bond acceptors (Lipinski definition) is 1. The molecule has 4 aromatic carbocycles. The van der Waals surface area contributed by atoms with Crippen LogP contribution in [0.15, 0.2) is 91.0 Å². The van der Waals surface area contributed by atoms with Crippen LogP contribution in [0.4, 0.5) is 0 Å². The third-order valence-corrected chi connectivity index (χ3v) is 6.87. The number of hydrogen-bond donors (Lipinski definition) is 0. The van der Waals surface area contributed by atoms with Crippen molar-refractivity contribution in [3.63, 3.8) is 0 Å². The molecule has 2 bridgehead atoms. The average molecular weight is 372 g/mol. The Morgan fingerprint density at radius 3 is 1.66 bits per heavy atom. The highest BCUT2D eigenvalue weighted by Crippen LogP contribution is 2.61. The average Bonchev–Trinajstić information content (AvgIpc) is 2.79. The van der Waals surface area contributed by atoms with Gasteiger partial charge in [0.2, 0.25) is 0 Å². The number of rotatable bonds is 2. The van der Waals surface area contributed by atoms with Gasteiger partial charge in [0.25, 0.3) is 0 Å². The van der Waals surface area contributed by atoms with Crippen LogP contribution in [-0.4, -0.2) is 6.29 Å². The van der Waals surface area contributed by atoms with Crippen molar-refractivity contribution in [2.75, 3.05) is 0 Å². The molecule has 1 nitrogen and oxygen atoms in total. The van der Waals surface area contributed by atoms with E-state index in [9.17, 15) is 4.79 Å². The summed E-state index contributed by atoms with van der Waals surface area (Å²) in [7, 11) is 0. The monoisotopic (exact) mass is 372 g/mol. The van der Waals surface area contributed by atoms with Crippen LogP contribution in [0.1, 0.15) is 60.8 Å². The van der Waals surface area contributed by atoms with Gasteiger partial charge >= 0.3 is 0 Å². The van der Waals surface area contributed by atoms with Crippen molar-refractivity contribution in [1.29, 1.82) is 0 Å². The van der Waals surface area contributed by atoms with Crippen molar-refractivity contribution in [3.05, 3.63) is 141 Å². The molecule has 0 fully saturated rings. The molecule has 1 heteroatoms. The molecular formula is C28H20O. The molecule has 0 spiro atoms. The fourth-order valence-electron chi connectivity index (χ4n) is 5.68. The summed E-state index contributed by atoms with van der Waals surface area (Å²) >= 11 is 0. The Balaban J connectivity index is 1.84. The Hall–Kier alpha value is -3.45. The van der Waals surface area contributed by atoms with Gasteiger partial charge in [-0.05, 0) is 57.5 Å². The third-order valence-electron chi connectivity index (χ3n) is 6.87. The van der Waals surface area contributed by atoms with E-state index in [1.165, 1.54) is 33.4 Å². The molecule has 3 aliphatic carbocycles. The Kier molecular flexibility index (Phi) is 3.29. The summed E-state index contributed by atoms with van der Waals surface area (Å²) in [4.78, 5) is 11.8. The van der Waals surface area contributed by atoms with Gasteiger partial charge < -0.3 is 0 Å². The highest BCUT2D eigenvalue weighted by molar-refractivity contribution is 5.81. The van der Waals surface area contributed by atoms with Crippen LogP contribution in [0.25, 0.3) is 0 Å². The van der Waals surface area contributed by atoms with Crippen LogP contribution in [-0.2, 0) is 5.41 Å². The molecular weight excluding hydrogens is 352 g/mol. The number of carbonyl (C=O) groups is 1. The maximum atomic E-state index is 11.8. The van der Waals surface area contributed by atoms with E-state index < -0.39 is 5.41 Å². The molecule has 29 heavy (non-hydrogen) atoms. The molecule has 0 amide bonds. The largest absolute Gasteiger partial charge is 0.298 e. The molecule has 138 valence electrons. The summed E-state index contributed by atoms with van der Waals surface area (Å²) in [6.07, 6.45) is 0.980. The first kappa shape index (κ1) is 16.5. The molecule has 0 aliphatic heterocycles. The molecule has 0 N–H and O–H groups in total. The van der Waals surface area contributed by atoms with E-state index in [1.807, 2.05) is 6.92 Å². The van der Waals surface area contributed by atoms with Crippen molar-refractivity contribution in [3.8, 4) is 0 Å². The number of aryl methyl sites for hydroxylation is 1. The quantitative estimate of drug-likeness (QED) is 0.341. The van der Waals surface area contributed by atoms with Gasteiger partial charge in [-0.25, -0.2) is 0 Å². The van der Waals surface area contributed by atoms with E-state index in [2.05, 4.69) is 91.0 Å². The highest BCUT2D eigenvalue weighted by Gasteiger charge is 2.52. The predicted molar refractivity (Wildman–Crippen MR) is 116 cm³/mol. The minimum Gasteiger partial charge on any atom is -0.298 e. The smallest absolute Gasteiger partial charge is 0.150 e. The van der Waals surface area contributed by atoms with Crippen LogP contribution < -0.4 is 0 Å². The Morgan fingerprint density at radius 1 is 0.690 bits per heavy atom. The highest BCUT2D eigenvalue weighted by atomic mass is 16.1. The summed E-state index contributed by atoms with van der Waals surface area (Å²) in [5.74, 6) is 0.261. The first-order valence-corrected chi connectivity index (χ1v) is 10.1. The first-order chi connectivity index (χ1) is 14.3. The molecule has 3 aliphatic rings. The van der Waals surface area contributed by atoms with Crippen molar-refractivity contribution < 1.29 is 4.79 Å². The lowest BCUT2D eigenvalue weighted by Gasteiger charge is -2.51. The van der Waals surface area contributed by atoms with Crippen molar-refractivity contribution in [2.45, 2.75) is 18.3 Å². The second-order valence-corrected chi connectivity index (χ2v) is 8.13. The van der Waals surface area contributed by atoms with Gasteiger partial charge in [-0.3, -0.25) is 4.79 Å². The lowest BCUT2D eigenvalue weighted by atomic mass is 9.51. The lowest BCUT2D eigenvalue weighted by Crippen LogP contribution is -2.43. The van der Waals surface area contributed by atoms with Crippen LogP contribution in [0.3, 0.4) is 0 Å². The number of aldehydes is 1. The molecule has 7 rings (SSSR count). The van der Waals surface area contributed by atoms with Crippen LogP contribution >= 0.6 is 0 Å². The predicted octanol–water partition coefficient (Wildman–Crippen LogP) is 6.00. The van der Waals surface area contributed by atoms with Crippen molar-refractivity contribution >= 4 is 6.29 Å². The van der Waals surface area contributed by atoms with Crippen LogP contribution in [0, 0.1) is 6.92 Å². The SMILES string of the molecule is Cc1ccc(C23c4ccccc4C(c4ccccc42)c2ccccc23)cc1C=O. The fraction of sp³-hybridized carbons (Fsp3) is 0.107. The molecule has 0 heterocycles. The van der Waals surface area contributed by atoms with Crippen LogP contribution in [0.2, 0.25) is 0 Å². The first-order valence-electron chi connectivity index (χ1n) is 10.1. The molecule has 0 atom stereocenters. The minimum atomic E-state index is -0.399. The topological polar surface area (TPSA) is 17.1 Å². The summed E-state index contributed by atoms with van der Waals surface area (Å²) in [6, 6.07) is 32.9. The second kappa shape index (κ2) is 5.78. The molecule has 0 saturated heterocycles. The number of benzene rings is 4. The zero-order valence-electron chi connectivity index (χ0n) is 16.2. The Bertz CT molecular complexity index is 1180. The zero-order valence-corrected chi connectivity index (χ0v) is 16.2. The van der Waals surface area contributed by atoms with E-state index in [0.29, 0.717) is 0 Å². The normalized spacial score (nSPS) is 20.5. The van der Waals surface area contributed by atoms with Gasteiger partial charge in [0.1, 0.15) is 6.29 Å². The van der Waals surface area contributed by atoms with E-state index in [0.717, 1.165) is 23.0 Å². The third kappa shape index (κ3) is 1.92. The minimum absolute atomic E-state index is 0.261. The van der Waals surface area contributed by atoms with Crippen molar-refractivity contribution in [1.82, 2.24) is 0 Å². The van der Waals surface area contributed by atoms with Gasteiger partial charge in [-0.2, -0.15) is 0 Å². The van der Waals surface area contributed by atoms with Gasteiger partial charge in [0.15, 0.2) is 0 Å². The molecule has 4 aromatic rings. The van der Waals surface area contributed by atoms with E-state index >= 15 is 0 Å². The van der Waals surface area contributed by atoms with Crippen LogP contribution in [0.5, 0.6) is 0 Å². The standard InChI is InChI=1S/C28H20O/c1-18-14-15-20(16-19(18)17-29)28-24-11-5-2-8-21(24)27(22-9-3-6-12-25(22)28)23-10-4-7-13-26(23)28/h2-17,27H,1H3. The van der Waals surface area contributed by atoms with E-state index in [4.69, 9.17) is 0 Å². The number of carbonyl (C=O) groups excluding carboxylic acids is 1.